The van der Waals surface area contributed by atoms with Crippen molar-refractivity contribution in [1.29, 1.82) is 5.26 Å². The van der Waals surface area contributed by atoms with Gasteiger partial charge in [0.25, 0.3) is 0 Å². The molecule has 2 aliphatic heterocycles. The average Bonchev–Trinajstić information content (AvgIpc) is 3.30. The minimum atomic E-state index is -0.937. The van der Waals surface area contributed by atoms with E-state index < -0.39 is 12.0 Å². The summed E-state index contributed by atoms with van der Waals surface area (Å²) in [5, 5.41) is 9.53. The molecule has 0 saturated carbocycles. The second kappa shape index (κ2) is 12.9. The number of halogens is 3. The number of likely N-dealkylation sites (tertiary alicyclic amines) is 1. The Balaban J connectivity index is 1.33. The monoisotopic (exact) mass is 585 g/mol. The number of likely N-dealkylation sites (N-methyl/N-ethyl adjacent to an activating group) is 1. The second-order valence-electron chi connectivity index (χ2n) is 10.3. The number of alkyl halides is 1. The van der Waals surface area contributed by atoms with Crippen molar-refractivity contribution in [2.24, 2.45) is 0 Å². The van der Waals surface area contributed by atoms with Crippen molar-refractivity contribution < 1.29 is 23.0 Å². The van der Waals surface area contributed by atoms with Gasteiger partial charge in [0.2, 0.25) is 0 Å². The molecule has 10 nitrogen and oxygen atoms in total. The molecule has 0 aliphatic carbocycles. The number of carbonyl (C=O) groups is 1. The Kier molecular flexibility index (Phi) is 9.07. The molecule has 3 atom stereocenters. The summed E-state index contributed by atoms with van der Waals surface area (Å²) in [6.07, 6.45) is 0.955. The molecular weight excluding hydrogens is 556 g/mol. The summed E-state index contributed by atoms with van der Waals surface area (Å²) in [5.74, 6) is -0.806. The number of anilines is 1. The van der Waals surface area contributed by atoms with Gasteiger partial charge in [0.05, 0.1) is 24.4 Å². The van der Waals surface area contributed by atoms with Gasteiger partial charge in [0.15, 0.2) is 11.0 Å². The van der Waals surface area contributed by atoms with Crippen molar-refractivity contribution in [2.75, 3.05) is 51.3 Å². The number of carbonyl (C=O) groups excluding carboxylic acids is 1. The van der Waals surface area contributed by atoms with Crippen molar-refractivity contribution in [3.8, 4) is 12.1 Å². The molecule has 0 N–H and O–H groups in total. The van der Waals surface area contributed by atoms with E-state index in [1.807, 2.05) is 52.1 Å². The number of rotatable bonds is 9. The van der Waals surface area contributed by atoms with E-state index in [-0.39, 0.29) is 60.9 Å². The lowest BCUT2D eigenvalue weighted by Gasteiger charge is -2.40. The van der Waals surface area contributed by atoms with Crippen LogP contribution in [0.3, 0.4) is 0 Å². The van der Waals surface area contributed by atoms with E-state index in [2.05, 4.69) is 21.0 Å². The molecule has 1 aromatic carbocycles. The topological polar surface area (TPSA) is 108 Å². The van der Waals surface area contributed by atoms with Gasteiger partial charge in [-0.1, -0.05) is 41.9 Å². The van der Waals surface area contributed by atoms with Crippen LogP contribution in [0.1, 0.15) is 18.4 Å². The maximum atomic E-state index is 15.1. The van der Waals surface area contributed by atoms with Crippen LogP contribution < -0.4 is 9.64 Å². The molecule has 2 fully saturated rings. The Morgan fingerprint density at radius 1 is 1.20 bits per heavy atom. The molecular formula is C28H30ClF2N7O3. The Labute approximate surface area is 241 Å². The SMILES string of the molecule is CN1C[C@H](F)C[C@H]1COc1nc(N2CCN(CC(=O)OCc3ccccc3)[C@@H](CC#N)C2)c2cnc(Cl)c(F)c2n1. The van der Waals surface area contributed by atoms with Gasteiger partial charge in [-0.05, 0) is 19.0 Å². The molecule has 0 bridgehead atoms. The van der Waals surface area contributed by atoms with Crippen LogP contribution in [0.25, 0.3) is 10.9 Å². The third-order valence-corrected chi connectivity index (χ3v) is 7.71. The van der Waals surface area contributed by atoms with Crippen LogP contribution in [0.2, 0.25) is 5.15 Å². The predicted molar refractivity (Wildman–Crippen MR) is 148 cm³/mol. The van der Waals surface area contributed by atoms with E-state index in [0.717, 1.165) is 5.56 Å². The lowest BCUT2D eigenvalue weighted by molar-refractivity contribution is -0.147. The van der Waals surface area contributed by atoms with Crippen LogP contribution >= 0.6 is 11.6 Å². The van der Waals surface area contributed by atoms with Gasteiger partial charge >= 0.3 is 12.0 Å². The Morgan fingerprint density at radius 3 is 2.73 bits per heavy atom. The normalized spacial score (nSPS) is 21.6. The lowest BCUT2D eigenvalue weighted by atomic mass is 10.1. The fourth-order valence-corrected chi connectivity index (χ4v) is 5.36. The number of pyridine rings is 1. The van der Waals surface area contributed by atoms with Crippen LogP contribution in [0, 0.1) is 17.1 Å². The number of hydrogen-bond acceptors (Lipinski definition) is 10. The summed E-state index contributed by atoms with van der Waals surface area (Å²) in [5.41, 5.74) is 0.842. The quantitative estimate of drug-likeness (QED) is 0.274. The highest BCUT2D eigenvalue weighted by atomic mass is 35.5. The minimum Gasteiger partial charge on any atom is -0.462 e. The standard InChI is InChI=1S/C28H30ClF2N7O3/c1-36-13-19(30)11-21(36)17-41-28-34-25-22(12-33-26(29)24(25)31)27(35-28)38-10-9-37(20(14-38)7-8-32)15-23(39)40-16-18-5-3-2-4-6-18/h2-6,12,19-21H,7,9-11,13-17H2,1H3/t19-,20+,21+/m1/s1. The fraction of sp³-hybridized carbons (Fsp3) is 0.464. The summed E-state index contributed by atoms with van der Waals surface area (Å²) in [6.45, 7) is 1.85. The molecule has 41 heavy (non-hydrogen) atoms. The van der Waals surface area contributed by atoms with Gasteiger partial charge in [-0.25, -0.2) is 13.8 Å². The maximum absolute atomic E-state index is 15.1. The summed E-state index contributed by atoms with van der Waals surface area (Å²) < 4.78 is 40.2. The van der Waals surface area contributed by atoms with Gasteiger partial charge in [-0.3, -0.25) is 14.6 Å². The maximum Gasteiger partial charge on any atom is 0.320 e. The van der Waals surface area contributed by atoms with Crippen LogP contribution in [0.4, 0.5) is 14.6 Å². The Hall–Kier alpha value is -3.66. The summed E-state index contributed by atoms with van der Waals surface area (Å²) >= 11 is 5.95. The van der Waals surface area contributed by atoms with Crippen LogP contribution in [-0.4, -0.2) is 95.4 Å². The molecule has 0 spiro atoms. The number of piperazine rings is 1. The molecule has 216 valence electrons. The smallest absolute Gasteiger partial charge is 0.320 e. The van der Waals surface area contributed by atoms with Gasteiger partial charge in [0.1, 0.15) is 30.7 Å². The number of aromatic nitrogens is 3. The van der Waals surface area contributed by atoms with Crippen molar-refractivity contribution in [3.63, 3.8) is 0 Å². The van der Waals surface area contributed by atoms with Crippen molar-refractivity contribution in [2.45, 2.75) is 37.7 Å². The molecule has 0 radical (unpaired) electrons. The van der Waals surface area contributed by atoms with Crippen LogP contribution in [0.15, 0.2) is 36.5 Å². The van der Waals surface area contributed by atoms with Gasteiger partial charge in [0, 0.05) is 44.5 Å². The molecule has 2 aliphatic rings. The van der Waals surface area contributed by atoms with E-state index in [9.17, 15) is 14.4 Å². The number of ether oxygens (including phenoxy) is 2. The first-order valence-corrected chi connectivity index (χ1v) is 13.7. The third-order valence-electron chi connectivity index (χ3n) is 7.45. The molecule has 0 amide bonds. The van der Waals surface area contributed by atoms with Gasteiger partial charge < -0.3 is 14.4 Å². The minimum absolute atomic E-state index is 0.0299. The summed E-state index contributed by atoms with van der Waals surface area (Å²) in [6, 6.07) is 11.1. The third kappa shape index (κ3) is 6.81. The molecule has 2 saturated heterocycles. The van der Waals surface area contributed by atoms with Crippen molar-refractivity contribution in [1.82, 2.24) is 24.8 Å². The Bertz CT molecular complexity index is 1430. The number of fused-ring (bicyclic) bond motifs is 1. The predicted octanol–water partition coefficient (Wildman–Crippen LogP) is 3.39. The zero-order valence-electron chi connectivity index (χ0n) is 22.5. The number of nitriles is 1. The zero-order chi connectivity index (χ0) is 28.9. The highest BCUT2D eigenvalue weighted by Gasteiger charge is 2.32. The number of hydrogen-bond donors (Lipinski definition) is 0. The molecule has 5 rings (SSSR count). The molecule has 2 aromatic heterocycles. The largest absolute Gasteiger partial charge is 0.462 e. The van der Waals surface area contributed by atoms with Crippen molar-refractivity contribution >= 4 is 34.3 Å². The highest BCUT2D eigenvalue weighted by Crippen LogP contribution is 2.32. The van der Waals surface area contributed by atoms with Crippen LogP contribution in [-0.2, 0) is 16.1 Å². The highest BCUT2D eigenvalue weighted by molar-refractivity contribution is 6.30. The van der Waals surface area contributed by atoms with Gasteiger partial charge in [-0.15, -0.1) is 0 Å². The number of esters is 1. The fourth-order valence-electron chi connectivity index (χ4n) is 5.22. The molecule has 0 unspecified atom stereocenters. The molecule has 4 heterocycles. The van der Waals surface area contributed by atoms with E-state index >= 15 is 4.39 Å². The van der Waals surface area contributed by atoms with E-state index in [1.165, 1.54) is 6.20 Å². The van der Waals surface area contributed by atoms with E-state index in [4.69, 9.17) is 21.1 Å². The molecule has 13 heteroatoms. The first-order chi connectivity index (χ1) is 19.8. The average molecular weight is 586 g/mol. The van der Waals surface area contributed by atoms with E-state index in [1.54, 1.807) is 0 Å². The van der Waals surface area contributed by atoms with Crippen molar-refractivity contribution in [3.05, 3.63) is 53.1 Å². The lowest BCUT2D eigenvalue weighted by Crippen LogP contribution is -2.54. The van der Waals surface area contributed by atoms with E-state index in [0.29, 0.717) is 43.8 Å². The van der Waals surface area contributed by atoms with Crippen LogP contribution in [0.5, 0.6) is 6.01 Å². The second-order valence-corrected chi connectivity index (χ2v) is 10.6. The number of nitrogens with zero attached hydrogens (tertiary/aromatic N) is 7. The first kappa shape index (κ1) is 28.9. The Morgan fingerprint density at radius 2 is 2.00 bits per heavy atom. The summed E-state index contributed by atoms with van der Waals surface area (Å²) in [7, 11) is 1.82. The first-order valence-electron chi connectivity index (χ1n) is 13.4. The number of benzene rings is 1. The summed E-state index contributed by atoms with van der Waals surface area (Å²) in [4.78, 5) is 31.1. The van der Waals surface area contributed by atoms with Gasteiger partial charge in [-0.2, -0.15) is 15.2 Å². The zero-order valence-corrected chi connectivity index (χ0v) is 23.3. The molecule has 3 aromatic rings.